The van der Waals surface area contributed by atoms with E-state index in [0.29, 0.717) is 11.3 Å². The van der Waals surface area contributed by atoms with Crippen LogP contribution in [0.3, 0.4) is 0 Å². The second-order valence-corrected chi connectivity index (χ2v) is 17.6. The van der Waals surface area contributed by atoms with Crippen LogP contribution in [0.25, 0.3) is 23.3 Å². The van der Waals surface area contributed by atoms with E-state index in [0.717, 1.165) is 6.42 Å². The topological polar surface area (TPSA) is 0 Å². The third kappa shape index (κ3) is 8.87. The number of aryl methyl sites for hydroxylation is 2. The second kappa shape index (κ2) is 15.6. The standard InChI is InChI=1S/C23H21.C15H14.C10H15.2ClH.Zr/c1-22(2)7-5-14-10-18-16(12-20(14)22)9-17-13-21-15(11-19(17)18)6-8-23(21,3)4;1-12-3-7-14(8-4-12)11-15-9-5-13(2)6-10-15;1-8-5-6-9(7-8)10(2,3)4;;;/h5-7,10-13H,9H2,1-4H3;3-10H,1-2H3;6-8H,1-4H3;2*1H;/q-1;;-1;;;+2/p-2. The molecule has 0 saturated carbocycles. The van der Waals surface area contributed by atoms with Crippen molar-refractivity contribution in [3.63, 3.8) is 0 Å². The minimum Gasteiger partial charge on any atom is -1.00 e. The number of allylic oxidation sites excluding steroid dienone is 6. The Morgan fingerprint density at radius 2 is 1.24 bits per heavy atom. The number of rotatable bonds is 2. The monoisotopic (exact) mass is 786 g/mol. The number of hydrogen-bond donors (Lipinski definition) is 0. The van der Waals surface area contributed by atoms with Crippen molar-refractivity contribution in [1.29, 1.82) is 0 Å². The van der Waals surface area contributed by atoms with Gasteiger partial charge in [-0.25, -0.2) is 12.2 Å². The number of halogens is 2. The Balaban J connectivity index is 0.000000183. The fraction of sp³-hybridized carbons (Fsp3) is 0.312. The first-order valence-corrected chi connectivity index (χ1v) is 18.9. The minimum atomic E-state index is 0. The predicted molar refractivity (Wildman–Crippen MR) is 208 cm³/mol. The van der Waals surface area contributed by atoms with E-state index >= 15 is 0 Å². The molecule has 0 N–H and O–H groups in total. The molecule has 0 fully saturated rings. The van der Waals surface area contributed by atoms with Gasteiger partial charge in [-0.05, 0) is 45.9 Å². The van der Waals surface area contributed by atoms with Crippen molar-refractivity contribution in [3.05, 3.63) is 164 Å². The Morgan fingerprint density at radius 3 is 1.71 bits per heavy atom. The molecule has 0 radical (unpaired) electrons. The zero-order valence-corrected chi connectivity index (χ0v) is 35.8. The predicted octanol–water partition coefficient (Wildman–Crippen LogP) is 6.06. The molecule has 0 bridgehead atoms. The van der Waals surface area contributed by atoms with Gasteiger partial charge in [0.15, 0.2) is 0 Å². The van der Waals surface area contributed by atoms with E-state index in [1.807, 2.05) is 0 Å². The van der Waals surface area contributed by atoms with E-state index in [2.05, 4.69) is 185 Å². The van der Waals surface area contributed by atoms with Crippen molar-refractivity contribution >= 4 is 15.4 Å². The van der Waals surface area contributed by atoms with Crippen LogP contribution in [-0.4, -0.2) is 3.21 Å². The van der Waals surface area contributed by atoms with Crippen molar-refractivity contribution < 1.29 is 49.0 Å². The Hall–Kier alpha value is -2.83. The fourth-order valence-corrected chi connectivity index (χ4v) is 7.88. The van der Waals surface area contributed by atoms with Crippen LogP contribution in [0.15, 0.2) is 96.6 Å². The van der Waals surface area contributed by atoms with E-state index in [4.69, 9.17) is 0 Å². The van der Waals surface area contributed by atoms with Gasteiger partial charge in [0, 0.05) is 5.41 Å². The Bertz CT molecular complexity index is 1920. The molecule has 51 heavy (non-hydrogen) atoms. The molecule has 4 aliphatic carbocycles. The van der Waals surface area contributed by atoms with Gasteiger partial charge in [0.2, 0.25) is 0 Å². The number of fused-ring (bicyclic) bond motifs is 5. The first-order valence-electron chi connectivity index (χ1n) is 17.7. The van der Waals surface area contributed by atoms with Crippen LogP contribution >= 0.6 is 0 Å². The van der Waals surface area contributed by atoms with Gasteiger partial charge in [-0.1, -0.05) is 96.4 Å². The molecule has 4 aromatic rings. The summed E-state index contributed by atoms with van der Waals surface area (Å²) in [6.45, 7) is 22.2. The molecular formula is C48H50Cl2Zr-2. The van der Waals surface area contributed by atoms with Gasteiger partial charge in [0.1, 0.15) is 0 Å². The maximum Gasteiger partial charge on any atom is -1.00 e. The Kier molecular flexibility index (Phi) is 12.6. The largest absolute Gasteiger partial charge is 1.00 e. The van der Waals surface area contributed by atoms with Crippen molar-refractivity contribution in [2.24, 2.45) is 11.3 Å². The molecule has 0 spiro atoms. The summed E-state index contributed by atoms with van der Waals surface area (Å²) in [4.78, 5) is 0. The van der Waals surface area contributed by atoms with Crippen molar-refractivity contribution in [3.8, 4) is 11.1 Å². The van der Waals surface area contributed by atoms with Gasteiger partial charge in [-0.3, -0.25) is 12.2 Å². The summed E-state index contributed by atoms with van der Waals surface area (Å²) in [5.74, 6) is 0.522. The molecular weight excluding hydrogens is 739 g/mol. The van der Waals surface area contributed by atoms with Crippen LogP contribution in [-0.2, 0) is 41.5 Å². The van der Waals surface area contributed by atoms with E-state index in [-0.39, 0.29) is 35.6 Å². The Morgan fingerprint density at radius 1 is 0.725 bits per heavy atom. The summed E-state index contributed by atoms with van der Waals surface area (Å²) in [5.41, 5.74) is 18.7. The SMILES string of the molecule is CC1(C)[C-]=Cc2cc3c(cc21)Cc1cc2c(cc1-3)C=CC2(C)C.CC1[C-]=CC(C(C)(C)C)=C1.Cc1ccc([C](=[Zr+2])c2ccc(C)cc2)cc1.[Cl-].[Cl-]. The molecule has 0 aromatic heterocycles. The van der Waals surface area contributed by atoms with Gasteiger partial charge in [0.25, 0.3) is 0 Å². The van der Waals surface area contributed by atoms with Crippen molar-refractivity contribution in [2.45, 2.75) is 86.5 Å². The molecule has 262 valence electrons. The molecule has 0 nitrogen and oxygen atoms in total. The van der Waals surface area contributed by atoms with Crippen molar-refractivity contribution in [2.75, 3.05) is 0 Å². The Labute approximate surface area is 335 Å². The van der Waals surface area contributed by atoms with Gasteiger partial charge in [-0.2, -0.15) is 17.2 Å². The van der Waals surface area contributed by atoms with Crippen LogP contribution in [0.2, 0.25) is 0 Å². The fourth-order valence-electron chi connectivity index (χ4n) is 7.06. The first-order chi connectivity index (χ1) is 23.0. The van der Waals surface area contributed by atoms with Crippen LogP contribution in [0.1, 0.15) is 111 Å². The summed E-state index contributed by atoms with van der Waals surface area (Å²) >= 11 is 1.46. The summed E-state index contributed by atoms with van der Waals surface area (Å²) in [6.07, 6.45) is 19.0. The van der Waals surface area contributed by atoms with Gasteiger partial charge >= 0.3 is 112 Å². The molecule has 0 saturated heterocycles. The van der Waals surface area contributed by atoms with Crippen LogP contribution in [0, 0.1) is 37.3 Å². The molecule has 8 rings (SSSR count). The molecule has 0 aliphatic heterocycles. The van der Waals surface area contributed by atoms with Gasteiger partial charge in [-0.15, -0.1) is 11.6 Å². The maximum atomic E-state index is 3.50. The zero-order valence-electron chi connectivity index (χ0n) is 31.9. The van der Waals surface area contributed by atoms with E-state index in [1.165, 1.54) is 99.8 Å². The average molecular weight is 789 g/mol. The quantitative estimate of drug-likeness (QED) is 0.191. The molecule has 4 aromatic carbocycles. The minimum absolute atomic E-state index is 0. The third-order valence-corrected chi connectivity index (χ3v) is 11.8. The molecule has 4 aliphatic rings. The third-order valence-electron chi connectivity index (χ3n) is 10.3. The van der Waals surface area contributed by atoms with Gasteiger partial charge in [0.05, 0.1) is 0 Å². The zero-order chi connectivity index (χ0) is 35.3. The molecule has 0 heterocycles. The summed E-state index contributed by atoms with van der Waals surface area (Å²) in [5, 5.41) is 0. The number of hydrogen-bond acceptors (Lipinski definition) is 0. The van der Waals surface area contributed by atoms with Crippen LogP contribution in [0.5, 0.6) is 0 Å². The van der Waals surface area contributed by atoms with Crippen LogP contribution < -0.4 is 24.8 Å². The normalized spacial score (nSPS) is 17.3. The van der Waals surface area contributed by atoms with E-state index < -0.39 is 0 Å². The summed E-state index contributed by atoms with van der Waals surface area (Å²) < 4.78 is 1.42. The number of benzene rings is 4. The van der Waals surface area contributed by atoms with E-state index in [9.17, 15) is 0 Å². The summed E-state index contributed by atoms with van der Waals surface area (Å²) in [7, 11) is 0. The molecule has 1 unspecified atom stereocenters. The molecule has 1 atom stereocenters. The second-order valence-electron chi connectivity index (χ2n) is 16.4. The summed E-state index contributed by atoms with van der Waals surface area (Å²) in [6, 6.07) is 27.2. The maximum absolute atomic E-state index is 3.50. The molecule has 3 heteroatoms. The van der Waals surface area contributed by atoms with Gasteiger partial charge < -0.3 is 24.8 Å². The molecule has 0 amide bonds. The van der Waals surface area contributed by atoms with E-state index in [1.54, 1.807) is 0 Å². The average Bonchev–Trinajstić information content (AvgIpc) is 3.80. The first kappa shape index (κ1) is 40.9. The van der Waals surface area contributed by atoms with Crippen molar-refractivity contribution in [1.82, 2.24) is 0 Å². The van der Waals surface area contributed by atoms with Crippen LogP contribution in [0.4, 0.5) is 0 Å². The smallest absolute Gasteiger partial charge is 1.00 e.